The summed E-state index contributed by atoms with van der Waals surface area (Å²) in [6.45, 7) is 0. The summed E-state index contributed by atoms with van der Waals surface area (Å²) in [5.41, 5.74) is 2.34. The van der Waals surface area contributed by atoms with Crippen molar-refractivity contribution in [2.24, 2.45) is 0 Å². The average Bonchev–Trinajstić information content (AvgIpc) is 3.26. The Hall–Kier alpha value is -3.62. The Morgan fingerprint density at radius 3 is 2.43 bits per heavy atom. The van der Waals surface area contributed by atoms with Crippen LogP contribution in [0, 0.1) is 0 Å². The zero-order valence-corrected chi connectivity index (χ0v) is 15.9. The predicted molar refractivity (Wildman–Crippen MR) is 102 cm³/mol. The number of nitrogens with one attached hydrogen (secondary N) is 1. The van der Waals surface area contributed by atoms with Crippen LogP contribution in [0.25, 0.3) is 5.69 Å². The van der Waals surface area contributed by atoms with Crippen LogP contribution in [-0.4, -0.2) is 47.4 Å². The number of hydrogen-bond acceptors (Lipinski definition) is 7. The van der Waals surface area contributed by atoms with E-state index in [2.05, 4.69) is 20.8 Å². The van der Waals surface area contributed by atoms with E-state index in [0.717, 1.165) is 11.3 Å². The van der Waals surface area contributed by atoms with Crippen molar-refractivity contribution >= 4 is 11.6 Å². The minimum Gasteiger partial charge on any atom is -0.493 e. The summed E-state index contributed by atoms with van der Waals surface area (Å²) in [4.78, 5) is 12.4. The van der Waals surface area contributed by atoms with Crippen molar-refractivity contribution in [2.45, 2.75) is 12.8 Å². The van der Waals surface area contributed by atoms with E-state index in [1.165, 1.54) is 11.0 Å². The summed E-state index contributed by atoms with van der Waals surface area (Å²) < 4.78 is 17.5. The zero-order chi connectivity index (χ0) is 19.9. The van der Waals surface area contributed by atoms with Crippen molar-refractivity contribution in [1.82, 2.24) is 20.2 Å². The minimum atomic E-state index is -0.109. The third-order valence-corrected chi connectivity index (χ3v) is 4.11. The monoisotopic (exact) mass is 383 g/mol. The van der Waals surface area contributed by atoms with Gasteiger partial charge in [0.1, 0.15) is 6.33 Å². The Bertz CT molecular complexity index is 918. The first-order chi connectivity index (χ1) is 13.6. The Morgan fingerprint density at radius 1 is 1.07 bits per heavy atom. The van der Waals surface area contributed by atoms with Gasteiger partial charge < -0.3 is 19.5 Å². The number of amides is 1. The van der Waals surface area contributed by atoms with Gasteiger partial charge >= 0.3 is 0 Å². The number of rotatable bonds is 8. The summed E-state index contributed by atoms with van der Waals surface area (Å²) in [6.07, 6.45) is 2.31. The topological polar surface area (TPSA) is 100 Å². The van der Waals surface area contributed by atoms with E-state index < -0.39 is 0 Å². The SMILES string of the molecule is COc1cc(CCC(=O)Nc2cccc(-n3cnnn3)c2)cc(OC)c1OC. The van der Waals surface area contributed by atoms with E-state index in [1.807, 2.05) is 30.3 Å². The molecule has 0 bridgehead atoms. The van der Waals surface area contributed by atoms with Crippen LogP contribution in [0.3, 0.4) is 0 Å². The summed E-state index contributed by atoms with van der Waals surface area (Å²) in [6, 6.07) is 11.0. The molecule has 0 atom stereocenters. The van der Waals surface area contributed by atoms with Gasteiger partial charge in [-0.1, -0.05) is 6.07 Å². The maximum absolute atomic E-state index is 12.4. The first-order valence-corrected chi connectivity index (χ1v) is 8.56. The molecule has 0 aliphatic carbocycles. The fraction of sp³-hybridized carbons (Fsp3) is 0.263. The number of methoxy groups -OCH3 is 3. The molecular weight excluding hydrogens is 362 g/mol. The molecule has 3 rings (SSSR count). The molecule has 0 unspecified atom stereocenters. The van der Waals surface area contributed by atoms with Crippen LogP contribution in [0.2, 0.25) is 0 Å². The second-order valence-corrected chi connectivity index (χ2v) is 5.89. The maximum atomic E-state index is 12.4. The number of ether oxygens (including phenoxy) is 3. The summed E-state index contributed by atoms with van der Waals surface area (Å²) in [5, 5.41) is 13.9. The van der Waals surface area contributed by atoms with Gasteiger partial charge in [-0.2, -0.15) is 0 Å². The Balaban J connectivity index is 1.66. The quantitative estimate of drug-likeness (QED) is 0.637. The zero-order valence-electron chi connectivity index (χ0n) is 15.9. The molecule has 146 valence electrons. The lowest BCUT2D eigenvalue weighted by Crippen LogP contribution is -2.12. The first-order valence-electron chi connectivity index (χ1n) is 8.56. The van der Waals surface area contributed by atoms with Gasteiger partial charge in [0.2, 0.25) is 11.7 Å². The number of carbonyl (C=O) groups is 1. The van der Waals surface area contributed by atoms with Crippen LogP contribution in [0.15, 0.2) is 42.7 Å². The lowest BCUT2D eigenvalue weighted by atomic mass is 10.1. The number of aromatic nitrogens is 4. The number of anilines is 1. The highest BCUT2D eigenvalue weighted by atomic mass is 16.5. The molecule has 28 heavy (non-hydrogen) atoms. The van der Waals surface area contributed by atoms with E-state index in [1.54, 1.807) is 27.4 Å². The van der Waals surface area contributed by atoms with Gasteiger partial charge in [0.15, 0.2) is 11.5 Å². The van der Waals surface area contributed by atoms with Gasteiger partial charge in [-0.3, -0.25) is 4.79 Å². The van der Waals surface area contributed by atoms with Gasteiger partial charge in [0, 0.05) is 12.1 Å². The fourth-order valence-electron chi connectivity index (χ4n) is 2.77. The Labute approximate surface area is 162 Å². The van der Waals surface area contributed by atoms with Gasteiger partial charge in [-0.25, -0.2) is 4.68 Å². The molecule has 2 aromatic carbocycles. The van der Waals surface area contributed by atoms with Crippen LogP contribution >= 0.6 is 0 Å². The normalized spacial score (nSPS) is 10.4. The van der Waals surface area contributed by atoms with E-state index in [0.29, 0.717) is 35.8 Å². The molecular formula is C19H21N5O4. The number of tetrazole rings is 1. The fourth-order valence-corrected chi connectivity index (χ4v) is 2.77. The molecule has 0 saturated heterocycles. The number of hydrogen-bond donors (Lipinski definition) is 1. The maximum Gasteiger partial charge on any atom is 0.224 e. The molecule has 0 spiro atoms. The Kier molecular flexibility index (Phi) is 6.05. The largest absolute Gasteiger partial charge is 0.493 e. The lowest BCUT2D eigenvalue weighted by molar-refractivity contribution is -0.116. The predicted octanol–water partition coefficient (Wildman–Crippen LogP) is 2.26. The van der Waals surface area contributed by atoms with E-state index in [9.17, 15) is 4.79 Å². The summed E-state index contributed by atoms with van der Waals surface area (Å²) >= 11 is 0. The molecule has 1 heterocycles. The number of nitrogens with zero attached hydrogens (tertiary/aromatic N) is 4. The molecule has 0 saturated carbocycles. The standard InChI is InChI=1S/C19H21N5O4/c1-26-16-9-13(10-17(27-2)19(16)28-3)7-8-18(25)21-14-5-4-6-15(11-14)24-12-20-22-23-24/h4-6,9-12H,7-8H2,1-3H3,(H,21,25). The van der Waals surface area contributed by atoms with Crippen molar-refractivity contribution in [2.75, 3.05) is 26.6 Å². The van der Waals surface area contributed by atoms with E-state index >= 15 is 0 Å². The van der Waals surface area contributed by atoms with Crippen LogP contribution in [0.4, 0.5) is 5.69 Å². The van der Waals surface area contributed by atoms with Crippen molar-refractivity contribution < 1.29 is 19.0 Å². The number of aryl methyl sites for hydroxylation is 1. The second kappa shape index (κ2) is 8.85. The summed E-state index contributed by atoms with van der Waals surface area (Å²) in [7, 11) is 4.67. The van der Waals surface area contributed by atoms with E-state index in [4.69, 9.17) is 14.2 Å². The molecule has 3 aromatic rings. The van der Waals surface area contributed by atoms with Crippen LogP contribution in [0.5, 0.6) is 17.2 Å². The van der Waals surface area contributed by atoms with Crippen molar-refractivity contribution in [3.63, 3.8) is 0 Å². The van der Waals surface area contributed by atoms with Gasteiger partial charge in [0.05, 0.1) is 27.0 Å². The second-order valence-electron chi connectivity index (χ2n) is 5.89. The van der Waals surface area contributed by atoms with E-state index in [-0.39, 0.29) is 5.91 Å². The highest BCUT2D eigenvalue weighted by molar-refractivity contribution is 5.91. The highest BCUT2D eigenvalue weighted by Crippen LogP contribution is 2.38. The lowest BCUT2D eigenvalue weighted by Gasteiger charge is -2.14. The minimum absolute atomic E-state index is 0.109. The third kappa shape index (κ3) is 4.37. The number of benzene rings is 2. The van der Waals surface area contributed by atoms with Gasteiger partial charge in [-0.15, -0.1) is 5.10 Å². The molecule has 9 nitrogen and oxygen atoms in total. The Morgan fingerprint density at radius 2 is 1.82 bits per heavy atom. The van der Waals surface area contributed by atoms with Gasteiger partial charge in [-0.05, 0) is 52.7 Å². The first kappa shape index (κ1) is 19.2. The van der Waals surface area contributed by atoms with Gasteiger partial charge in [0.25, 0.3) is 0 Å². The molecule has 1 aromatic heterocycles. The molecule has 0 aliphatic heterocycles. The molecule has 0 fully saturated rings. The number of carbonyl (C=O) groups excluding carboxylic acids is 1. The summed E-state index contributed by atoms with van der Waals surface area (Å²) in [5.74, 6) is 1.54. The average molecular weight is 383 g/mol. The van der Waals surface area contributed by atoms with Crippen molar-refractivity contribution in [3.8, 4) is 22.9 Å². The molecule has 0 radical (unpaired) electrons. The van der Waals surface area contributed by atoms with Crippen molar-refractivity contribution in [1.29, 1.82) is 0 Å². The molecule has 1 N–H and O–H groups in total. The highest BCUT2D eigenvalue weighted by Gasteiger charge is 2.14. The molecule has 9 heteroatoms. The molecule has 0 aliphatic rings. The van der Waals surface area contributed by atoms with Crippen LogP contribution in [0.1, 0.15) is 12.0 Å². The van der Waals surface area contributed by atoms with Crippen LogP contribution in [-0.2, 0) is 11.2 Å². The van der Waals surface area contributed by atoms with Crippen molar-refractivity contribution in [3.05, 3.63) is 48.3 Å². The van der Waals surface area contributed by atoms with Crippen LogP contribution < -0.4 is 19.5 Å². The molecule has 1 amide bonds. The smallest absolute Gasteiger partial charge is 0.224 e. The third-order valence-electron chi connectivity index (χ3n) is 4.11.